The summed E-state index contributed by atoms with van der Waals surface area (Å²) in [4.78, 5) is 0. The largest absolute Gasteiger partial charge is 0.489 e. The van der Waals surface area contributed by atoms with Crippen LogP contribution >= 0.6 is 0 Å². The standard InChI is InChI=1S/C17H21NO/c1-12-8-9-13(2)15(10-12)11-19-17-7-5-4-6-16(17)14(3)18/h4-10,14H,11,18H2,1-3H3. The number of rotatable bonds is 4. The molecule has 0 spiro atoms. The van der Waals surface area contributed by atoms with Gasteiger partial charge in [0.1, 0.15) is 12.4 Å². The third kappa shape index (κ3) is 3.36. The maximum absolute atomic E-state index is 5.96. The molecule has 0 aliphatic carbocycles. The van der Waals surface area contributed by atoms with E-state index in [-0.39, 0.29) is 6.04 Å². The lowest BCUT2D eigenvalue weighted by Gasteiger charge is -2.15. The van der Waals surface area contributed by atoms with Crippen molar-refractivity contribution in [3.63, 3.8) is 0 Å². The van der Waals surface area contributed by atoms with Crippen LogP contribution in [0.1, 0.15) is 35.2 Å². The van der Waals surface area contributed by atoms with E-state index in [1.54, 1.807) is 0 Å². The second-order valence-corrected chi connectivity index (χ2v) is 5.05. The van der Waals surface area contributed by atoms with Gasteiger partial charge in [0.2, 0.25) is 0 Å². The van der Waals surface area contributed by atoms with Crippen molar-refractivity contribution in [3.05, 3.63) is 64.7 Å². The minimum atomic E-state index is -0.0187. The van der Waals surface area contributed by atoms with Crippen LogP contribution in [-0.4, -0.2) is 0 Å². The van der Waals surface area contributed by atoms with Crippen molar-refractivity contribution in [1.29, 1.82) is 0 Å². The molecule has 1 atom stereocenters. The van der Waals surface area contributed by atoms with E-state index in [1.807, 2.05) is 31.2 Å². The van der Waals surface area contributed by atoms with Gasteiger partial charge < -0.3 is 10.5 Å². The topological polar surface area (TPSA) is 35.2 Å². The monoisotopic (exact) mass is 255 g/mol. The molecule has 2 N–H and O–H groups in total. The summed E-state index contributed by atoms with van der Waals surface area (Å²) in [5, 5.41) is 0. The summed E-state index contributed by atoms with van der Waals surface area (Å²) in [6.07, 6.45) is 0. The number of benzene rings is 2. The molecule has 0 heterocycles. The molecule has 2 heteroatoms. The van der Waals surface area contributed by atoms with Gasteiger partial charge in [-0.05, 0) is 38.0 Å². The average molecular weight is 255 g/mol. The van der Waals surface area contributed by atoms with E-state index < -0.39 is 0 Å². The highest BCUT2D eigenvalue weighted by Gasteiger charge is 2.08. The van der Waals surface area contributed by atoms with Gasteiger partial charge in [0.25, 0.3) is 0 Å². The molecule has 2 aromatic carbocycles. The molecule has 0 saturated carbocycles. The van der Waals surface area contributed by atoms with Crippen LogP contribution in [0, 0.1) is 13.8 Å². The number of para-hydroxylation sites is 1. The van der Waals surface area contributed by atoms with Crippen molar-refractivity contribution in [2.24, 2.45) is 5.73 Å². The highest BCUT2D eigenvalue weighted by Crippen LogP contribution is 2.24. The fraction of sp³-hybridized carbons (Fsp3) is 0.294. The van der Waals surface area contributed by atoms with E-state index in [9.17, 15) is 0 Å². The van der Waals surface area contributed by atoms with Gasteiger partial charge in [0.15, 0.2) is 0 Å². The molecule has 100 valence electrons. The Kier molecular flexibility index (Phi) is 4.23. The molecule has 2 aromatic rings. The molecule has 0 fully saturated rings. The van der Waals surface area contributed by atoms with Crippen LogP contribution in [0.25, 0.3) is 0 Å². The zero-order valence-corrected chi connectivity index (χ0v) is 11.8. The van der Waals surface area contributed by atoms with E-state index in [4.69, 9.17) is 10.5 Å². The van der Waals surface area contributed by atoms with Crippen LogP contribution in [0.5, 0.6) is 5.75 Å². The highest BCUT2D eigenvalue weighted by atomic mass is 16.5. The van der Waals surface area contributed by atoms with Crippen LogP contribution in [0.2, 0.25) is 0 Å². The van der Waals surface area contributed by atoms with Gasteiger partial charge in [-0.15, -0.1) is 0 Å². The van der Waals surface area contributed by atoms with Gasteiger partial charge in [-0.3, -0.25) is 0 Å². The summed E-state index contributed by atoms with van der Waals surface area (Å²) in [6.45, 7) is 6.76. The number of aryl methyl sites for hydroxylation is 2. The lowest BCUT2D eigenvalue weighted by atomic mass is 10.1. The molecule has 0 bridgehead atoms. The number of hydrogen-bond acceptors (Lipinski definition) is 2. The first-order valence-electron chi connectivity index (χ1n) is 6.61. The zero-order chi connectivity index (χ0) is 13.8. The Morgan fingerprint density at radius 3 is 2.58 bits per heavy atom. The summed E-state index contributed by atoms with van der Waals surface area (Å²) in [5.41, 5.74) is 10.7. The lowest BCUT2D eigenvalue weighted by molar-refractivity contribution is 0.300. The third-order valence-corrected chi connectivity index (χ3v) is 3.30. The molecule has 0 aliphatic rings. The normalized spacial score (nSPS) is 12.2. The second kappa shape index (κ2) is 5.89. The van der Waals surface area contributed by atoms with E-state index in [2.05, 4.69) is 32.0 Å². The Hall–Kier alpha value is -1.80. The summed E-state index contributed by atoms with van der Waals surface area (Å²) < 4.78 is 5.94. The molecule has 0 amide bonds. The van der Waals surface area contributed by atoms with Gasteiger partial charge in [-0.1, -0.05) is 42.0 Å². The summed E-state index contributed by atoms with van der Waals surface area (Å²) in [6, 6.07) is 14.4. The first-order chi connectivity index (χ1) is 9.08. The van der Waals surface area contributed by atoms with E-state index in [0.29, 0.717) is 6.61 Å². The van der Waals surface area contributed by atoms with Crippen molar-refractivity contribution in [3.8, 4) is 5.75 Å². The Morgan fingerprint density at radius 2 is 1.84 bits per heavy atom. The molecular weight excluding hydrogens is 234 g/mol. The van der Waals surface area contributed by atoms with Crippen molar-refractivity contribution in [2.45, 2.75) is 33.4 Å². The Bertz CT molecular complexity index is 561. The smallest absolute Gasteiger partial charge is 0.124 e. The minimum absolute atomic E-state index is 0.0187. The maximum atomic E-state index is 5.96. The molecule has 0 radical (unpaired) electrons. The fourth-order valence-electron chi connectivity index (χ4n) is 2.10. The zero-order valence-electron chi connectivity index (χ0n) is 11.8. The number of hydrogen-bond donors (Lipinski definition) is 1. The second-order valence-electron chi connectivity index (χ2n) is 5.05. The number of nitrogens with two attached hydrogens (primary N) is 1. The van der Waals surface area contributed by atoms with Gasteiger partial charge in [0.05, 0.1) is 0 Å². The molecule has 0 aliphatic heterocycles. The Balaban J connectivity index is 2.17. The molecular formula is C17H21NO. The average Bonchev–Trinajstić information content (AvgIpc) is 2.40. The molecule has 2 rings (SSSR count). The highest BCUT2D eigenvalue weighted by molar-refractivity contribution is 5.36. The van der Waals surface area contributed by atoms with Crippen molar-refractivity contribution < 1.29 is 4.74 Å². The quantitative estimate of drug-likeness (QED) is 0.899. The predicted octanol–water partition coefficient (Wildman–Crippen LogP) is 3.90. The van der Waals surface area contributed by atoms with Gasteiger partial charge in [-0.25, -0.2) is 0 Å². The first-order valence-corrected chi connectivity index (χ1v) is 6.61. The Morgan fingerprint density at radius 1 is 1.11 bits per heavy atom. The first kappa shape index (κ1) is 13.6. The summed E-state index contributed by atoms with van der Waals surface area (Å²) in [5.74, 6) is 0.874. The predicted molar refractivity (Wildman–Crippen MR) is 79.3 cm³/mol. The van der Waals surface area contributed by atoms with Gasteiger partial charge in [0, 0.05) is 11.6 Å². The van der Waals surface area contributed by atoms with E-state index in [1.165, 1.54) is 16.7 Å². The van der Waals surface area contributed by atoms with Crippen molar-refractivity contribution in [2.75, 3.05) is 0 Å². The van der Waals surface area contributed by atoms with Crippen molar-refractivity contribution >= 4 is 0 Å². The van der Waals surface area contributed by atoms with Crippen LogP contribution in [0.15, 0.2) is 42.5 Å². The fourth-order valence-corrected chi connectivity index (χ4v) is 2.10. The maximum Gasteiger partial charge on any atom is 0.124 e. The molecule has 0 aromatic heterocycles. The van der Waals surface area contributed by atoms with Crippen LogP contribution in [-0.2, 0) is 6.61 Å². The van der Waals surface area contributed by atoms with Crippen LogP contribution < -0.4 is 10.5 Å². The third-order valence-electron chi connectivity index (χ3n) is 3.30. The molecule has 19 heavy (non-hydrogen) atoms. The summed E-state index contributed by atoms with van der Waals surface area (Å²) in [7, 11) is 0. The summed E-state index contributed by atoms with van der Waals surface area (Å²) >= 11 is 0. The van der Waals surface area contributed by atoms with Crippen LogP contribution in [0.3, 0.4) is 0 Å². The van der Waals surface area contributed by atoms with Crippen LogP contribution in [0.4, 0.5) is 0 Å². The van der Waals surface area contributed by atoms with Gasteiger partial charge >= 0.3 is 0 Å². The van der Waals surface area contributed by atoms with Gasteiger partial charge in [-0.2, -0.15) is 0 Å². The molecule has 1 unspecified atom stereocenters. The molecule has 2 nitrogen and oxygen atoms in total. The van der Waals surface area contributed by atoms with E-state index >= 15 is 0 Å². The number of ether oxygens (including phenoxy) is 1. The van der Waals surface area contributed by atoms with Crippen molar-refractivity contribution in [1.82, 2.24) is 0 Å². The van der Waals surface area contributed by atoms with E-state index in [0.717, 1.165) is 11.3 Å². The molecule has 0 saturated heterocycles. The Labute approximate surface area is 115 Å². The minimum Gasteiger partial charge on any atom is -0.489 e. The lowest BCUT2D eigenvalue weighted by Crippen LogP contribution is -2.08. The SMILES string of the molecule is Cc1ccc(C)c(COc2ccccc2C(C)N)c1.